The molecule has 84 valence electrons. The molecule has 1 unspecified atom stereocenters. The van der Waals surface area contributed by atoms with Crippen molar-refractivity contribution in [2.24, 2.45) is 10.9 Å². The Labute approximate surface area is 88.7 Å². The molecule has 1 atom stereocenters. The van der Waals surface area contributed by atoms with Crippen LogP contribution in [0.5, 0.6) is 0 Å². The predicted molar refractivity (Wildman–Crippen MR) is 53.1 cm³/mol. The summed E-state index contributed by atoms with van der Waals surface area (Å²) in [6, 6.07) is 0. The second-order valence-electron chi connectivity index (χ2n) is 4.99. The maximum atomic E-state index is 13.5. The minimum Gasteiger partial charge on any atom is -0.381 e. The lowest BCUT2D eigenvalue weighted by Crippen LogP contribution is -2.57. The normalized spacial score (nSPS) is 45.3. The van der Waals surface area contributed by atoms with E-state index in [0.29, 0.717) is 19.4 Å². The molecule has 0 aromatic rings. The van der Waals surface area contributed by atoms with Gasteiger partial charge in [0.1, 0.15) is 5.67 Å². The molecule has 0 aromatic heterocycles. The van der Waals surface area contributed by atoms with Gasteiger partial charge in [0.15, 0.2) is 0 Å². The van der Waals surface area contributed by atoms with Crippen LogP contribution in [0.1, 0.15) is 32.6 Å². The van der Waals surface area contributed by atoms with Crippen molar-refractivity contribution < 1.29 is 13.9 Å². The first-order chi connectivity index (χ1) is 7.08. The monoisotopic (exact) mass is 213 g/mol. The first-order valence-electron chi connectivity index (χ1n) is 5.44. The molecule has 2 rings (SSSR count). The first kappa shape index (κ1) is 10.8. The molecular formula is C11H16FNO2. The number of ether oxygens (including phenoxy) is 1. The Morgan fingerprint density at radius 1 is 1.53 bits per heavy atom. The Morgan fingerprint density at radius 2 is 2.27 bits per heavy atom. The van der Waals surface area contributed by atoms with Crippen LogP contribution in [0.2, 0.25) is 0 Å². The lowest BCUT2D eigenvalue weighted by atomic mass is 9.60. The van der Waals surface area contributed by atoms with Gasteiger partial charge in [-0.2, -0.15) is 4.99 Å². The highest BCUT2D eigenvalue weighted by Gasteiger charge is 2.57. The van der Waals surface area contributed by atoms with Crippen molar-refractivity contribution in [3.8, 4) is 0 Å². The molecule has 0 radical (unpaired) electrons. The predicted octanol–water partition coefficient (Wildman–Crippen LogP) is 2.01. The van der Waals surface area contributed by atoms with Crippen molar-refractivity contribution in [2.45, 2.75) is 43.8 Å². The highest BCUT2D eigenvalue weighted by molar-refractivity contribution is 5.37. The maximum absolute atomic E-state index is 13.5. The van der Waals surface area contributed by atoms with E-state index in [1.807, 2.05) is 0 Å². The Kier molecular flexibility index (Phi) is 2.65. The third-order valence-corrected chi connectivity index (χ3v) is 3.54. The van der Waals surface area contributed by atoms with Crippen LogP contribution in [-0.2, 0) is 9.53 Å². The summed E-state index contributed by atoms with van der Waals surface area (Å²) < 4.78 is 18.9. The average Bonchev–Trinajstić information content (AvgIpc) is 2.16. The molecule has 3 nitrogen and oxygen atoms in total. The van der Waals surface area contributed by atoms with E-state index >= 15 is 0 Å². The van der Waals surface area contributed by atoms with Gasteiger partial charge in [0, 0.05) is 25.4 Å². The number of rotatable bonds is 2. The van der Waals surface area contributed by atoms with E-state index in [0.717, 1.165) is 19.4 Å². The van der Waals surface area contributed by atoms with Gasteiger partial charge in [0.25, 0.3) is 0 Å². The molecule has 0 aromatic carbocycles. The summed E-state index contributed by atoms with van der Waals surface area (Å²) in [4.78, 5) is 14.3. The standard InChI is InChI=1S/C11H16FNO2/c1-10(12)6-11(7-10,13-8-14)9-3-2-4-15-5-9/h9H,2-7H2,1H3. The number of alkyl halides is 1. The Hall–Kier alpha value is -0.730. The van der Waals surface area contributed by atoms with Crippen molar-refractivity contribution in [1.29, 1.82) is 0 Å². The molecule has 0 N–H and O–H groups in total. The van der Waals surface area contributed by atoms with Crippen LogP contribution in [0.25, 0.3) is 0 Å². The van der Waals surface area contributed by atoms with Gasteiger partial charge < -0.3 is 4.74 Å². The zero-order valence-corrected chi connectivity index (χ0v) is 8.96. The van der Waals surface area contributed by atoms with Crippen LogP contribution in [0.4, 0.5) is 4.39 Å². The lowest BCUT2D eigenvalue weighted by molar-refractivity contribution is -0.0689. The number of halogens is 1. The zero-order chi connectivity index (χ0) is 10.9. The molecule has 15 heavy (non-hydrogen) atoms. The van der Waals surface area contributed by atoms with Gasteiger partial charge in [-0.3, -0.25) is 0 Å². The van der Waals surface area contributed by atoms with Crippen molar-refractivity contribution in [3.63, 3.8) is 0 Å². The fraction of sp³-hybridized carbons (Fsp3) is 0.909. The molecule has 2 fully saturated rings. The molecule has 4 heteroatoms. The molecule has 2 aliphatic rings. The third kappa shape index (κ3) is 1.97. The van der Waals surface area contributed by atoms with Gasteiger partial charge in [-0.25, -0.2) is 9.18 Å². The zero-order valence-electron chi connectivity index (χ0n) is 8.96. The molecule has 1 saturated carbocycles. The Balaban J connectivity index is 2.10. The smallest absolute Gasteiger partial charge is 0.235 e. The van der Waals surface area contributed by atoms with Crippen LogP contribution in [0, 0.1) is 5.92 Å². The Bertz CT molecular complexity index is 283. The molecule has 1 saturated heterocycles. The maximum Gasteiger partial charge on any atom is 0.235 e. The van der Waals surface area contributed by atoms with E-state index in [1.54, 1.807) is 13.0 Å². The van der Waals surface area contributed by atoms with E-state index in [-0.39, 0.29) is 5.92 Å². The molecular weight excluding hydrogens is 197 g/mol. The summed E-state index contributed by atoms with van der Waals surface area (Å²) in [5.41, 5.74) is -1.69. The highest BCUT2D eigenvalue weighted by atomic mass is 19.1. The summed E-state index contributed by atoms with van der Waals surface area (Å²) in [7, 11) is 0. The van der Waals surface area contributed by atoms with Gasteiger partial charge in [-0.1, -0.05) is 0 Å². The van der Waals surface area contributed by atoms with Crippen molar-refractivity contribution in [1.82, 2.24) is 0 Å². The molecule has 0 amide bonds. The van der Waals surface area contributed by atoms with E-state index in [2.05, 4.69) is 4.99 Å². The summed E-state index contributed by atoms with van der Waals surface area (Å²) in [5, 5.41) is 0. The van der Waals surface area contributed by atoms with Crippen LogP contribution in [-0.4, -0.2) is 30.5 Å². The van der Waals surface area contributed by atoms with E-state index in [9.17, 15) is 9.18 Å². The van der Waals surface area contributed by atoms with Crippen molar-refractivity contribution in [2.75, 3.05) is 13.2 Å². The first-order valence-corrected chi connectivity index (χ1v) is 5.44. The summed E-state index contributed by atoms with van der Waals surface area (Å²) >= 11 is 0. The molecule has 0 bridgehead atoms. The van der Waals surface area contributed by atoms with E-state index in [4.69, 9.17) is 4.74 Å². The number of hydrogen-bond donors (Lipinski definition) is 0. The van der Waals surface area contributed by atoms with Gasteiger partial charge >= 0.3 is 0 Å². The third-order valence-electron chi connectivity index (χ3n) is 3.54. The second kappa shape index (κ2) is 3.69. The summed E-state index contributed by atoms with van der Waals surface area (Å²) in [5.74, 6) is 0.191. The summed E-state index contributed by atoms with van der Waals surface area (Å²) in [6.45, 7) is 2.93. The minimum absolute atomic E-state index is 0.191. The fourth-order valence-electron chi connectivity index (χ4n) is 2.94. The van der Waals surface area contributed by atoms with Gasteiger partial charge in [0.2, 0.25) is 6.08 Å². The number of isocyanates is 1. The quantitative estimate of drug-likeness (QED) is 0.520. The van der Waals surface area contributed by atoms with E-state index < -0.39 is 11.2 Å². The molecule has 1 aliphatic heterocycles. The largest absolute Gasteiger partial charge is 0.381 e. The molecule has 0 spiro atoms. The number of nitrogens with zero attached hydrogens (tertiary/aromatic N) is 1. The van der Waals surface area contributed by atoms with Crippen molar-refractivity contribution in [3.05, 3.63) is 0 Å². The fourth-order valence-corrected chi connectivity index (χ4v) is 2.94. The van der Waals surface area contributed by atoms with Crippen LogP contribution in [0.3, 0.4) is 0 Å². The Morgan fingerprint density at radius 3 is 2.73 bits per heavy atom. The number of hydrogen-bond acceptors (Lipinski definition) is 3. The minimum atomic E-state index is -1.17. The topological polar surface area (TPSA) is 38.7 Å². The van der Waals surface area contributed by atoms with Crippen LogP contribution < -0.4 is 0 Å². The van der Waals surface area contributed by atoms with Gasteiger partial charge in [-0.05, 0) is 19.8 Å². The highest BCUT2D eigenvalue weighted by Crippen LogP contribution is 2.52. The van der Waals surface area contributed by atoms with Crippen LogP contribution in [0.15, 0.2) is 4.99 Å². The summed E-state index contributed by atoms with van der Waals surface area (Å²) in [6.07, 6.45) is 4.22. The average molecular weight is 213 g/mol. The number of aliphatic imine (C=N–C) groups is 1. The van der Waals surface area contributed by atoms with Crippen molar-refractivity contribution >= 4 is 6.08 Å². The van der Waals surface area contributed by atoms with Gasteiger partial charge in [-0.15, -0.1) is 0 Å². The molecule has 1 aliphatic carbocycles. The van der Waals surface area contributed by atoms with Gasteiger partial charge in [0.05, 0.1) is 12.1 Å². The SMILES string of the molecule is CC1(F)CC(N=C=O)(C2CCCOC2)C1. The van der Waals surface area contributed by atoms with Crippen LogP contribution >= 0.6 is 0 Å². The van der Waals surface area contributed by atoms with E-state index in [1.165, 1.54) is 0 Å². The second-order valence-corrected chi connectivity index (χ2v) is 4.99. The molecule has 1 heterocycles. The number of carbonyl (C=O) groups excluding carboxylic acids is 1. The lowest BCUT2D eigenvalue weighted by Gasteiger charge is -2.51.